The summed E-state index contributed by atoms with van der Waals surface area (Å²) in [6.45, 7) is 0. The van der Waals surface area contributed by atoms with Gasteiger partial charge in [0.15, 0.2) is 0 Å². The van der Waals surface area contributed by atoms with E-state index in [0.717, 1.165) is 5.56 Å². The first-order chi connectivity index (χ1) is 14.0. The van der Waals surface area contributed by atoms with Gasteiger partial charge in [-0.15, -0.1) is 0 Å². The highest BCUT2D eigenvalue weighted by Crippen LogP contribution is 2.55. The first-order valence-electron chi connectivity index (χ1n) is 9.09. The lowest BCUT2D eigenvalue weighted by Gasteiger charge is -2.13. The van der Waals surface area contributed by atoms with Crippen LogP contribution in [0, 0.1) is 17.2 Å². The summed E-state index contributed by atoms with van der Waals surface area (Å²) < 4.78 is 32.2. The minimum atomic E-state index is -2.73. The molecule has 5 rings (SSSR count). The molecular formula is C19H16F2N8. The molecule has 0 radical (unpaired) electrons. The van der Waals surface area contributed by atoms with Crippen molar-refractivity contribution in [3.8, 4) is 28.7 Å². The average Bonchev–Trinajstić information content (AvgIpc) is 3.21. The number of imidazole rings is 1. The van der Waals surface area contributed by atoms with Gasteiger partial charge in [-0.05, 0) is 0 Å². The summed E-state index contributed by atoms with van der Waals surface area (Å²) >= 11 is 0. The topological polar surface area (TPSA) is 89.6 Å². The number of halogens is 2. The van der Waals surface area contributed by atoms with Crippen LogP contribution in [0.3, 0.4) is 0 Å². The summed E-state index contributed by atoms with van der Waals surface area (Å²) in [4.78, 5) is 9.09. The normalized spacial score (nSPS) is 18.6. The van der Waals surface area contributed by atoms with Crippen molar-refractivity contribution in [3.63, 3.8) is 0 Å². The summed E-state index contributed by atoms with van der Waals surface area (Å²) in [6.07, 6.45) is 10.0. The molecule has 4 aromatic heterocycles. The molecule has 10 heteroatoms. The van der Waals surface area contributed by atoms with Gasteiger partial charge in [0.1, 0.15) is 11.5 Å². The van der Waals surface area contributed by atoms with E-state index in [4.69, 9.17) is 10.2 Å². The zero-order valence-electron chi connectivity index (χ0n) is 15.4. The Kier molecular flexibility index (Phi) is 3.74. The lowest BCUT2D eigenvalue weighted by Crippen LogP contribution is -2.15. The maximum Gasteiger partial charge on any atom is 0.253 e. The predicted octanol–water partition coefficient (Wildman–Crippen LogP) is 3.10. The van der Waals surface area contributed by atoms with Crippen molar-refractivity contribution in [1.82, 2.24) is 33.9 Å². The highest BCUT2D eigenvalue weighted by Gasteiger charge is 2.61. The fraction of sp³-hybridized carbons (Fsp3) is 0.316. The third kappa shape index (κ3) is 2.95. The Labute approximate surface area is 164 Å². The number of alkyl halides is 2. The van der Waals surface area contributed by atoms with Crippen molar-refractivity contribution in [2.75, 3.05) is 0 Å². The molecule has 0 unspecified atom stereocenters. The molecule has 2 atom stereocenters. The lowest BCUT2D eigenvalue weighted by atomic mass is 10.1. The van der Waals surface area contributed by atoms with Crippen LogP contribution in [0.4, 0.5) is 8.78 Å². The van der Waals surface area contributed by atoms with Crippen molar-refractivity contribution in [1.29, 1.82) is 5.26 Å². The molecule has 0 spiro atoms. The first kappa shape index (κ1) is 17.5. The van der Waals surface area contributed by atoms with Crippen LogP contribution >= 0.6 is 0 Å². The second-order valence-electron chi connectivity index (χ2n) is 7.23. The van der Waals surface area contributed by atoms with Gasteiger partial charge in [0, 0.05) is 49.9 Å². The molecule has 0 aromatic carbocycles. The third-order valence-corrected chi connectivity index (χ3v) is 5.23. The van der Waals surface area contributed by atoms with Crippen molar-refractivity contribution >= 4 is 5.65 Å². The molecule has 1 fully saturated rings. The Bertz CT molecular complexity index is 1240. The highest BCUT2D eigenvalue weighted by molar-refractivity contribution is 5.68. The van der Waals surface area contributed by atoms with Crippen LogP contribution in [0.2, 0.25) is 0 Å². The van der Waals surface area contributed by atoms with Crippen LogP contribution in [0.5, 0.6) is 0 Å². The Balaban J connectivity index is 1.58. The quantitative estimate of drug-likeness (QED) is 0.519. The number of hydrogen-bond donors (Lipinski definition) is 0. The number of nitriles is 1. The molecule has 0 bridgehead atoms. The molecule has 0 amide bonds. The molecule has 0 N–H and O–H groups in total. The van der Waals surface area contributed by atoms with Gasteiger partial charge >= 0.3 is 0 Å². The molecule has 4 aromatic rings. The largest absolute Gasteiger partial charge is 0.284 e. The molecule has 0 aliphatic heterocycles. The average molecular weight is 394 g/mol. The molecule has 29 heavy (non-hydrogen) atoms. The van der Waals surface area contributed by atoms with E-state index in [1.54, 1.807) is 35.7 Å². The number of rotatable bonds is 5. The summed E-state index contributed by atoms with van der Waals surface area (Å²) in [7, 11) is 1.82. The van der Waals surface area contributed by atoms with Gasteiger partial charge in [0.05, 0.1) is 48.1 Å². The van der Waals surface area contributed by atoms with Gasteiger partial charge in [0.25, 0.3) is 5.92 Å². The Hall–Kier alpha value is -3.61. The highest BCUT2D eigenvalue weighted by atomic mass is 19.3. The molecule has 1 aliphatic carbocycles. The van der Waals surface area contributed by atoms with E-state index in [1.807, 2.05) is 29.8 Å². The summed E-state index contributed by atoms with van der Waals surface area (Å²) in [5.41, 5.74) is 2.89. The number of hydrogen-bond acceptors (Lipinski definition) is 5. The SMILES string of the molecule is Cn1cc(-c2cc3nccn3c(-c3cnn([C@H](CC#N)[C@@H]4CC4(F)F)c3)n2)cn1. The number of nitrogens with zero attached hydrogens (tertiary/aromatic N) is 8. The smallest absolute Gasteiger partial charge is 0.253 e. The third-order valence-electron chi connectivity index (χ3n) is 5.23. The number of aromatic nitrogens is 7. The van der Waals surface area contributed by atoms with Crippen molar-refractivity contribution in [3.05, 3.63) is 43.2 Å². The van der Waals surface area contributed by atoms with E-state index in [9.17, 15) is 8.78 Å². The van der Waals surface area contributed by atoms with E-state index in [-0.39, 0.29) is 12.8 Å². The van der Waals surface area contributed by atoms with Gasteiger partial charge in [-0.3, -0.25) is 13.8 Å². The van der Waals surface area contributed by atoms with Crippen molar-refractivity contribution in [2.45, 2.75) is 24.8 Å². The van der Waals surface area contributed by atoms with Crippen LogP contribution in [0.15, 0.2) is 43.2 Å². The van der Waals surface area contributed by atoms with Crippen LogP contribution in [0.1, 0.15) is 18.9 Å². The Morgan fingerprint density at radius 3 is 2.76 bits per heavy atom. The second-order valence-corrected chi connectivity index (χ2v) is 7.23. The molecule has 0 saturated heterocycles. The van der Waals surface area contributed by atoms with E-state index < -0.39 is 17.9 Å². The number of aryl methyl sites for hydroxylation is 1. The summed E-state index contributed by atoms with van der Waals surface area (Å²) in [5, 5.41) is 17.5. The van der Waals surface area contributed by atoms with Gasteiger partial charge in [-0.1, -0.05) is 0 Å². The Morgan fingerprint density at radius 1 is 1.28 bits per heavy atom. The van der Waals surface area contributed by atoms with E-state index >= 15 is 0 Å². The molecule has 8 nitrogen and oxygen atoms in total. The van der Waals surface area contributed by atoms with Crippen LogP contribution in [-0.4, -0.2) is 39.9 Å². The summed E-state index contributed by atoms with van der Waals surface area (Å²) in [6, 6.07) is 3.19. The molecule has 4 heterocycles. The van der Waals surface area contributed by atoms with E-state index in [1.165, 1.54) is 4.68 Å². The fourth-order valence-electron chi connectivity index (χ4n) is 3.63. The summed E-state index contributed by atoms with van der Waals surface area (Å²) in [5.74, 6) is -3.01. The zero-order valence-corrected chi connectivity index (χ0v) is 15.4. The minimum absolute atomic E-state index is 0.0228. The van der Waals surface area contributed by atoms with Crippen LogP contribution in [0.25, 0.3) is 28.3 Å². The lowest BCUT2D eigenvalue weighted by molar-refractivity contribution is 0.0847. The monoisotopic (exact) mass is 394 g/mol. The van der Waals surface area contributed by atoms with Crippen LogP contribution < -0.4 is 0 Å². The molecule has 1 aliphatic rings. The van der Waals surface area contributed by atoms with E-state index in [2.05, 4.69) is 15.2 Å². The Morgan fingerprint density at radius 2 is 2.07 bits per heavy atom. The minimum Gasteiger partial charge on any atom is -0.284 e. The van der Waals surface area contributed by atoms with Gasteiger partial charge in [-0.2, -0.15) is 15.5 Å². The molecule has 1 saturated carbocycles. The van der Waals surface area contributed by atoms with Gasteiger partial charge in [-0.25, -0.2) is 18.7 Å². The van der Waals surface area contributed by atoms with Gasteiger partial charge < -0.3 is 0 Å². The standard InChI is InChI=1S/C19H16F2N8/c1-27-10-12(8-24-27)15-6-17-23-4-5-28(17)18(26-15)13-9-25-29(11-13)16(2-3-22)14-7-19(14,20)21/h4-6,8-11,14,16H,2,7H2,1H3/t14-,16+/m0/s1. The van der Waals surface area contributed by atoms with Crippen molar-refractivity contribution in [2.24, 2.45) is 13.0 Å². The maximum absolute atomic E-state index is 13.6. The maximum atomic E-state index is 13.6. The van der Waals surface area contributed by atoms with E-state index in [0.29, 0.717) is 22.7 Å². The first-order valence-corrected chi connectivity index (χ1v) is 9.09. The number of fused-ring (bicyclic) bond motifs is 1. The van der Waals surface area contributed by atoms with Crippen molar-refractivity contribution < 1.29 is 8.78 Å². The van der Waals surface area contributed by atoms with Gasteiger partial charge in [0.2, 0.25) is 0 Å². The fourth-order valence-corrected chi connectivity index (χ4v) is 3.63. The second kappa shape index (κ2) is 6.20. The predicted molar refractivity (Wildman–Crippen MR) is 98.7 cm³/mol. The zero-order chi connectivity index (χ0) is 20.2. The molecule has 146 valence electrons. The van der Waals surface area contributed by atoms with Crippen LogP contribution in [-0.2, 0) is 7.05 Å². The molecular weight excluding hydrogens is 378 g/mol.